The van der Waals surface area contributed by atoms with Gasteiger partial charge in [0.1, 0.15) is 12.1 Å². The van der Waals surface area contributed by atoms with Crippen molar-refractivity contribution in [1.29, 1.82) is 0 Å². The topological polar surface area (TPSA) is 50.7 Å². The molecule has 0 radical (unpaired) electrons. The fourth-order valence-electron chi connectivity index (χ4n) is 2.29. The van der Waals surface area contributed by atoms with Crippen molar-refractivity contribution in [3.8, 4) is 0 Å². The number of thiazole rings is 1. The van der Waals surface area contributed by atoms with Crippen LogP contribution in [-0.4, -0.2) is 15.0 Å². The number of nitrogens with zero attached hydrogens (tertiary/aromatic N) is 3. The Hall–Kier alpha value is -2.53. The minimum Gasteiger partial charge on any atom is -0.316 e. The molecule has 0 aliphatic rings. The number of rotatable bonds is 2. The zero-order chi connectivity index (χ0) is 14.2. The van der Waals surface area contributed by atoms with Gasteiger partial charge in [-0.05, 0) is 36.8 Å². The second-order valence-electron chi connectivity index (χ2n) is 4.85. The van der Waals surface area contributed by atoms with Gasteiger partial charge in [-0.2, -0.15) is 0 Å². The molecule has 0 saturated heterocycles. The van der Waals surface area contributed by atoms with Crippen molar-refractivity contribution >= 4 is 43.4 Å². The summed E-state index contributed by atoms with van der Waals surface area (Å²) >= 11 is 1.63. The molecule has 2 heterocycles. The van der Waals surface area contributed by atoms with Crippen LogP contribution in [0.25, 0.3) is 21.1 Å². The first kappa shape index (κ1) is 12.2. The quantitative estimate of drug-likeness (QED) is 0.598. The number of nitrogens with one attached hydrogen (secondary N) is 1. The zero-order valence-corrected chi connectivity index (χ0v) is 12.2. The number of benzene rings is 2. The third kappa shape index (κ3) is 2.21. The maximum absolute atomic E-state index is 4.60. The number of aryl methyl sites for hydroxylation is 1. The lowest BCUT2D eigenvalue weighted by molar-refractivity contribution is 1.21. The van der Waals surface area contributed by atoms with Gasteiger partial charge < -0.3 is 5.32 Å². The standard InChI is InChI=1S/C16H12N4S/c1-10-6-7-13-14(8-10)21-16(19-13)20-15-11-4-2-3-5-12(11)17-9-18-15/h2-9H,1H3,(H,17,18,19,20). The molecule has 0 amide bonds. The molecule has 0 aliphatic carbocycles. The molecule has 4 aromatic rings. The molecule has 0 bridgehead atoms. The molecule has 21 heavy (non-hydrogen) atoms. The molecule has 0 spiro atoms. The summed E-state index contributed by atoms with van der Waals surface area (Å²) in [7, 11) is 0. The molecule has 1 N–H and O–H groups in total. The molecule has 0 atom stereocenters. The molecule has 4 nitrogen and oxygen atoms in total. The van der Waals surface area contributed by atoms with Gasteiger partial charge in [0.25, 0.3) is 0 Å². The zero-order valence-electron chi connectivity index (χ0n) is 11.4. The van der Waals surface area contributed by atoms with E-state index in [-0.39, 0.29) is 0 Å². The Bertz CT molecular complexity index is 940. The molecule has 2 aromatic carbocycles. The molecule has 4 rings (SSSR count). The Balaban J connectivity index is 1.79. The first-order chi connectivity index (χ1) is 10.3. The summed E-state index contributed by atoms with van der Waals surface area (Å²) in [6.07, 6.45) is 1.57. The van der Waals surface area contributed by atoms with Crippen LogP contribution in [0, 0.1) is 6.92 Å². The predicted octanol–water partition coefficient (Wildman–Crippen LogP) is 4.29. The van der Waals surface area contributed by atoms with E-state index in [0.717, 1.165) is 27.4 Å². The lowest BCUT2D eigenvalue weighted by atomic mass is 10.2. The smallest absolute Gasteiger partial charge is 0.189 e. The Morgan fingerprint density at radius 3 is 2.86 bits per heavy atom. The van der Waals surface area contributed by atoms with Gasteiger partial charge in [-0.25, -0.2) is 15.0 Å². The van der Waals surface area contributed by atoms with E-state index in [4.69, 9.17) is 0 Å². The normalized spacial score (nSPS) is 11.1. The fourth-order valence-corrected chi connectivity index (χ4v) is 3.25. The SMILES string of the molecule is Cc1ccc2nc(Nc3ncnc4ccccc34)sc2c1. The van der Waals surface area contributed by atoms with E-state index in [0.29, 0.717) is 0 Å². The van der Waals surface area contributed by atoms with E-state index in [1.807, 2.05) is 30.3 Å². The second-order valence-corrected chi connectivity index (χ2v) is 5.89. The monoisotopic (exact) mass is 292 g/mol. The first-order valence-corrected chi connectivity index (χ1v) is 7.45. The summed E-state index contributed by atoms with van der Waals surface area (Å²) in [4.78, 5) is 13.2. The summed E-state index contributed by atoms with van der Waals surface area (Å²) in [5, 5.41) is 5.15. The average molecular weight is 292 g/mol. The van der Waals surface area contributed by atoms with Crippen LogP contribution in [0.4, 0.5) is 10.9 Å². The molecule has 0 saturated carbocycles. The van der Waals surface area contributed by atoms with Gasteiger partial charge in [0.15, 0.2) is 5.13 Å². The van der Waals surface area contributed by atoms with Crippen molar-refractivity contribution in [2.75, 3.05) is 5.32 Å². The predicted molar refractivity (Wildman–Crippen MR) is 87.2 cm³/mol. The number of anilines is 2. The Morgan fingerprint density at radius 2 is 1.90 bits per heavy atom. The fraction of sp³-hybridized carbons (Fsp3) is 0.0625. The largest absolute Gasteiger partial charge is 0.316 e. The molecule has 102 valence electrons. The minimum absolute atomic E-state index is 0.788. The third-order valence-electron chi connectivity index (χ3n) is 3.31. The third-order valence-corrected chi connectivity index (χ3v) is 4.25. The van der Waals surface area contributed by atoms with E-state index in [9.17, 15) is 0 Å². The van der Waals surface area contributed by atoms with Gasteiger partial charge in [-0.15, -0.1) is 0 Å². The van der Waals surface area contributed by atoms with Gasteiger partial charge >= 0.3 is 0 Å². The molecule has 5 heteroatoms. The minimum atomic E-state index is 0.788. The van der Waals surface area contributed by atoms with E-state index in [2.05, 4.69) is 39.3 Å². The van der Waals surface area contributed by atoms with Crippen molar-refractivity contribution < 1.29 is 0 Å². The maximum atomic E-state index is 4.60. The van der Waals surface area contributed by atoms with Gasteiger partial charge in [0.05, 0.1) is 15.7 Å². The summed E-state index contributed by atoms with van der Waals surface area (Å²) in [6.45, 7) is 2.09. The lowest BCUT2D eigenvalue weighted by Crippen LogP contribution is -1.95. The van der Waals surface area contributed by atoms with Gasteiger partial charge in [-0.1, -0.05) is 29.5 Å². The van der Waals surface area contributed by atoms with Crippen LogP contribution >= 0.6 is 11.3 Å². The summed E-state index contributed by atoms with van der Waals surface area (Å²) in [6, 6.07) is 14.2. The van der Waals surface area contributed by atoms with Crippen LogP contribution in [0.5, 0.6) is 0 Å². The van der Waals surface area contributed by atoms with Crippen molar-refractivity contribution in [2.45, 2.75) is 6.92 Å². The Kier molecular flexibility index (Phi) is 2.79. The highest BCUT2D eigenvalue weighted by Gasteiger charge is 2.07. The molecular weight excluding hydrogens is 280 g/mol. The molecule has 0 aliphatic heterocycles. The lowest BCUT2D eigenvalue weighted by Gasteiger charge is -2.04. The average Bonchev–Trinajstić information content (AvgIpc) is 2.89. The number of para-hydroxylation sites is 1. The first-order valence-electron chi connectivity index (χ1n) is 6.63. The summed E-state index contributed by atoms with van der Waals surface area (Å²) in [5.41, 5.74) is 3.17. The van der Waals surface area contributed by atoms with Crippen LogP contribution < -0.4 is 5.32 Å². The van der Waals surface area contributed by atoms with Crippen LogP contribution in [0.15, 0.2) is 48.8 Å². The van der Waals surface area contributed by atoms with Crippen molar-refractivity contribution in [2.24, 2.45) is 0 Å². The van der Waals surface area contributed by atoms with E-state index in [1.54, 1.807) is 17.7 Å². The van der Waals surface area contributed by atoms with Crippen molar-refractivity contribution in [1.82, 2.24) is 15.0 Å². The molecule has 0 fully saturated rings. The van der Waals surface area contributed by atoms with Crippen molar-refractivity contribution in [3.05, 3.63) is 54.4 Å². The van der Waals surface area contributed by atoms with E-state index < -0.39 is 0 Å². The Labute approximate surface area is 125 Å². The van der Waals surface area contributed by atoms with Crippen LogP contribution in [0.1, 0.15) is 5.56 Å². The highest BCUT2D eigenvalue weighted by atomic mass is 32.1. The van der Waals surface area contributed by atoms with E-state index >= 15 is 0 Å². The van der Waals surface area contributed by atoms with Gasteiger partial charge in [0.2, 0.25) is 0 Å². The number of hydrogen-bond acceptors (Lipinski definition) is 5. The van der Waals surface area contributed by atoms with Crippen LogP contribution in [-0.2, 0) is 0 Å². The molecular formula is C16H12N4S. The number of fused-ring (bicyclic) bond motifs is 2. The van der Waals surface area contributed by atoms with Gasteiger partial charge in [0, 0.05) is 5.39 Å². The van der Waals surface area contributed by atoms with Crippen LogP contribution in [0.2, 0.25) is 0 Å². The summed E-state index contributed by atoms with van der Waals surface area (Å²) < 4.78 is 1.18. The summed E-state index contributed by atoms with van der Waals surface area (Å²) in [5.74, 6) is 0.788. The molecule has 2 aromatic heterocycles. The van der Waals surface area contributed by atoms with E-state index in [1.165, 1.54) is 10.3 Å². The second kappa shape index (κ2) is 4.79. The molecule has 0 unspecified atom stereocenters. The number of hydrogen-bond donors (Lipinski definition) is 1. The Morgan fingerprint density at radius 1 is 1.00 bits per heavy atom. The highest BCUT2D eigenvalue weighted by Crippen LogP contribution is 2.30. The number of aromatic nitrogens is 3. The van der Waals surface area contributed by atoms with Crippen LogP contribution in [0.3, 0.4) is 0 Å². The maximum Gasteiger partial charge on any atom is 0.189 e. The highest BCUT2D eigenvalue weighted by molar-refractivity contribution is 7.22. The van der Waals surface area contributed by atoms with Crippen molar-refractivity contribution in [3.63, 3.8) is 0 Å². The van der Waals surface area contributed by atoms with Gasteiger partial charge in [-0.3, -0.25) is 0 Å².